The highest BCUT2D eigenvalue weighted by atomic mass is 19.1. The standard InChI is InChI=1S/C81H103FN14O21/c1-44-72(107)90-58(39-85-62(99)21-22-64(101)91-77-71(106)70(105)69(104)61(42-97)117-77)74(109)87-55-35-49-9-7-10-50(33-49)38-84-65(102)43-116-60-26-32-95-68(60)76(111)92-67(45(2)98)75(110)89-56(34-47-15-18-53(115-4)19-16-47)79(113)96-31-8-27-81(96,3)80(114)83-28-25-46-11-13-48(14-12-46)40-94(66(103)24-23-63(100)86-44)30-6-5-29-93-41-51(36-57(78(95)112)88-73(55)108)54-37-52(82)17-20-59(54)93/h7,9-20,33,37,41,44-45,55-58,60-61,67-71,77,97-98,104-106H,5-6,8,21-32,34-36,38-40,42-43H2,1-4H3,(H,83,114)(H,84,102)(H,85,99)(H,86,100)(H,87,109)(H,88,108)(H,89,110)(H,90,107)(H,91,101)(H,92,111)/t44-,45+,55-,56-,57-,58+,60-,61?,67-,68?,69?,70?,71?,77?,81-/m0/s1. The van der Waals surface area contributed by atoms with E-state index in [0.29, 0.717) is 59.2 Å². The van der Waals surface area contributed by atoms with Gasteiger partial charge in [-0.1, -0.05) is 60.7 Å². The fourth-order valence-electron chi connectivity index (χ4n) is 15.6. The van der Waals surface area contributed by atoms with E-state index in [1.165, 1.54) is 44.1 Å². The molecule has 117 heavy (non-hydrogen) atoms. The van der Waals surface area contributed by atoms with Gasteiger partial charge in [-0.05, 0) is 123 Å². The van der Waals surface area contributed by atoms with Crippen molar-refractivity contribution in [2.24, 2.45) is 0 Å². The van der Waals surface area contributed by atoms with Gasteiger partial charge in [-0.2, -0.15) is 0 Å². The van der Waals surface area contributed by atoms with Crippen LogP contribution in [0.5, 0.6) is 5.75 Å². The molecule has 15 N–H and O–H groups in total. The minimum absolute atomic E-state index is 0.0689. The van der Waals surface area contributed by atoms with Crippen LogP contribution in [0.1, 0.15) is 112 Å². The molecule has 0 aliphatic carbocycles. The van der Waals surface area contributed by atoms with Gasteiger partial charge >= 0.3 is 0 Å². The monoisotopic (exact) mass is 1630 g/mol. The van der Waals surface area contributed by atoms with E-state index in [-0.39, 0.29) is 82.4 Å². The van der Waals surface area contributed by atoms with Crippen molar-refractivity contribution in [2.45, 2.75) is 215 Å². The Kier molecular flexibility index (Phi) is 29.2. The second kappa shape index (κ2) is 39.3. The molecular formula is C81H103FN14O21. The number of aromatic nitrogens is 1. The Hall–Kier alpha value is -11.0. The topological polar surface area (TPSA) is 486 Å². The number of benzene rings is 4. The maximum atomic E-state index is 16.3. The lowest BCUT2D eigenvalue weighted by Crippen LogP contribution is -2.64. The molecule has 4 aromatic carbocycles. The summed E-state index contributed by atoms with van der Waals surface area (Å²) in [6, 6.07) is 12.5. The first-order valence-corrected chi connectivity index (χ1v) is 39.5. The summed E-state index contributed by atoms with van der Waals surface area (Å²) in [4.78, 5) is 196. The molecule has 12 bridgehead atoms. The molecule has 1 aromatic heterocycles. The molecule has 8 heterocycles. The van der Waals surface area contributed by atoms with Crippen molar-refractivity contribution in [3.63, 3.8) is 0 Å². The van der Waals surface area contributed by atoms with Crippen molar-refractivity contribution in [3.8, 4) is 5.75 Å². The van der Waals surface area contributed by atoms with Crippen LogP contribution in [0.2, 0.25) is 0 Å². The maximum Gasteiger partial charge on any atom is 0.246 e. The molecule has 0 spiro atoms. The molecular weight excluding hydrogens is 1520 g/mol. The van der Waals surface area contributed by atoms with Gasteiger partial charge in [-0.25, -0.2) is 4.39 Å². The normalized spacial score (nSPS) is 27.9. The van der Waals surface area contributed by atoms with E-state index in [0.717, 1.165) is 10.5 Å². The Bertz CT molecular complexity index is 4490. The van der Waals surface area contributed by atoms with Crippen molar-refractivity contribution >= 4 is 87.7 Å². The largest absolute Gasteiger partial charge is 0.497 e. The van der Waals surface area contributed by atoms with Gasteiger partial charge < -0.3 is 112 Å². The zero-order chi connectivity index (χ0) is 83.9. The first-order valence-electron chi connectivity index (χ1n) is 39.5. The van der Waals surface area contributed by atoms with E-state index in [2.05, 4.69) is 53.2 Å². The van der Waals surface area contributed by atoms with E-state index >= 15 is 33.2 Å². The summed E-state index contributed by atoms with van der Waals surface area (Å²) in [6.07, 6.45) is -11.4. The number of nitrogens with zero attached hydrogens (tertiary/aromatic N) is 4. The van der Waals surface area contributed by atoms with Crippen LogP contribution in [0.3, 0.4) is 0 Å². The number of methoxy groups -OCH3 is 1. The minimum atomic E-state index is -1.90. The van der Waals surface area contributed by atoms with Crippen LogP contribution in [-0.4, -0.2) is 265 Å². The Morgan fingerprint density at radius 1 is 0.684 bits per heavy atom. The number of hydrogen-bond donors (Lipinski definition) is 15. The number of nitrogens with one attached hydrogen (secondary N) is 10. The summed E-state index contributed by atoms with van der Waals surface area (Å²) in [5, 5.41) is 79.3. The lowest BCUT2D eigenvalue weighted by Gasteiger charge is -2.40. The van der Waals surface area contributed by atoms with Crippen molar-refractivity contribution in [1.82, 2.24) is 72.4 Å². The SMILES string of the molecule is COc1ccc(C[C@@H]2NC(=O)[C@H]([C@@H](C)O)NC(=O)C3[C@@H]4CCN3C(=O)[C@@H]3Cc5cn(c6ccc(F)cc56)CCCCN(Cc5ccc(cc5)CCNC(=O)[C@]5(C)CCCN5C2=O)C(=O)CCC(=O)N[C@@H](C)C(=O)N[C@H](CNC(=O)CCC(=O)NC2OC(CO)C(O)C(O)C2O)C(=O)N[C@@H](Cc2cccc(c2)CNC(=O)CO4)C(=O)N3)cc1. The highest BCUT2D eigenvalue weighted by Gasteiger charge is 2.50. The number of fused-ring (bicyclic) bond motifs is 16. The highest BCUT2D eigenvalue weighted by molar-refractivity contribution is 6.00. The summed E-state index contributed by atoms with van der Waals surface area (Å²) in [7, 11) is 1.47. The van der Waals surface area contributed by atoms with Gasteiger partial charge in [0.15, 0.2) is 6.23 Å². The van der Waals surface area contributed by atoms with Gasteiger partial charge in [0.2, 0.25) is 76.8 Å². The molecule has 0 saturated carbocycles. The van der Waals surface area contributed by atoms with Gasteiger partial charge in [0.05, 0.1) is 25.9 Å². The number of ether oxygens (including phenoxy) is 3. The van der Waals surface area contributed by atoms with Crippen molar-refractivity contribution in [2.75, 3.05) is 53.0 Å². The van der Waals surface area contributed by atoms with Crippen molar-refractivity contribution < 1.29 is 106 Å². The summed E-state index contributed by atoms with van der Waals surface area (Å²) in [5.41, 5.74) is 2.20. The molecule has 13 amide bonds. The van der Waals surface area contributed by atoms with E-state index in [4.69, 9.17) is 14.2 Å². The fourth-order valence-corrected chi connectivity index (χ4v) is 15.6. The molecule has 15 atom stereocenters. The minimum Gasteiger partial charge on any atom is -0.497 e. The lowest BCUT2D eigenvalue weighted by molar-refractivity contribution is -0.236. The molecule has 3 saturated heterocycles. The van der Waals surface area contributed by atoms with Gasteiger partial charge in [0, 0.05) is 114 Å². The van der Waals surface area contributed by atoms with E-state index < -0.39 is 225 Å². The molecule has 35 nitrogen and oxygen atoms in total. The Morgan fingerprint density at radius 2 is 1.40 bits per heavy atom. The van der Waals surface area contributed by atoms with Gasteiger partial charge in [-0.3, -0.25) is 62.3 Å². The Labute approximate surface area is 673 Å². The first-order chi connectivity index (χ1) is 56.0. The van der Waals surface area contributed by atoms with Crippen molar-refractivity contribution in [3.05, 3.63) is 136 Å². The second-order valence-corrected chi connectivity index (χ2v) is 30.8. The number of carbonyl (C=O) groups is 13. The average molecular weight is 1630 g/mol. The lowest BCUT2D eigenvalue weighted by atomic mass is 9.95. The number of aryl methyl sites for hydroxylation is 1. The first kappa shape index (κ1) is 86.8. The number of halogens is 1. The number of rotatable bonds is 11. The summed E-state index contributed by atoms with van der Waals surface area (Å²) in [5.74, 6) is -11.4. The molecule has 12 rings (SSSR count). The van der Waals surface area contributed by atoms with Crippen LogP contribution in [0.25, 0.3) is 10.9 Å². The number of aliphatic hydroxyl groups excluding tert-OH is 5. The van der Waals surface area contributed by atoms with Gasteiger partial charge in [0.1, 0.15) is 90.4 Å². The number of amides is 13. The van der Waals surface area contributed by atoms with Crippen LogP contribution in [0.4, 0.5) is 4.39 Å². The molecule has 5 aromatic rings. The molecule has 7 aliphatic rings. The Morgan fingerprint density at radius 3 is 2.15 bits per heavy atom. The predicted octanol–water partition coefficient (Wildman–Crippen LogP) is -2.79. The van der Waals surface area contributed by atoms with E-state index in [9.17, 15) is 59.1 Å². The van der Waals surface area contributed by atoms with Gasteiger partial charge in [0.25, 0.3) is 0 Å². The average Bonchev–Trinajstić information content (AvgIpc) is 1.67. The van der Waals surface area contributed by atoms with Crippen LogP contribution >= 0.6 is 0 Å². The maximum absolute atomic E-state index is 16.3. The van der Waals surface area contributed by atoms with E-state index in [1.807, 2.05) is 28.8 Å². The van der Waals surface area contributed by atoms with E-state index in [1.54, 1.807) is 66.6 Å². The number of hydrogen-bond acceptors (Lipinski definition) is 21. The number of aliphatic hydroxyl groups is 5. The van der Waals surface area contributed by atoms with Crippen LogP contribution in [-0.2, 0) is 117 Å². The van der Waals surface area contributed by atoms with Gasteiger partial charge in [-0.15, -0.1) is 0 Å². The third-order valence-electron chi connectivity index (χ3n) is 22.3. The highest BCUT2D eigenvalue weighted by Crippen LogP contribution is 2.33. The second-order valence-electron chi connectivity index (χ2n) is 30.8. The molecule has 36 heteroatoms. The molecule has 630 valence electrons. The third-order valence-corrected chi connectivity index (χ3v) is 22.3. The predicted molar refractivity (Wildman–Crippen MR) is 414 cm³/mol. The molecule has 3 fully saturated rings. The third kappa shape index (κ3) is 21.8. The molecule has 6 unspecified atom stereocenters. The van der Waals surface area contributed by atoms with Crippen molar-refractivity contribution in [1.29, 1.82) is 0 Å². The molecule has 0 radical (unpaired) electrons. The zero-order valence-electron chi connectivity index (χ0n) is 65.5. The van der Waals surface area contributed by atoms with Crippen LogP contribution < -0.4 is 57.9 Å². The number of carbonyl (C=O) groups excluding carboxylic acids is 13. The quantitative estimate of drug-likeness (QED) is 0.0636. The van der Waals surface area contributed by atoms with Crippen LogP contribution in [0, 0.1) is 5.82 Å². The van der Waals surface area contributed by atoms with Crippen LogP contribution in [0.15, 0.2) is 97.2 Å². The smallest absolute Gasteiger partial charge is 0.246 e. The Balaban J connectivity index is 0.994. The summed E-state index contributed by atoms with van der Waals surface area (Å²) >= 11 is 0. The summed E-state index contributed by atoms with van der Waals surface area (Å²) in [6.45, 7) is 2.08. The zero-order valence-corrected chi connectivity index (χ0v) is 65.5. The summed E-state index contributed by atoms with van der Waals surface area (Å²) < 4.78 is 34.7. The fraction of sp³-hybridized carbons (Fsp3) is 0.519. The molecule has 7 aliphatic heterocycles.